The summed E-state index contributed by atoms with van der Waals surface area (Å²) in [5, 5.41) is 0. The molecule has 10 heavy (non-hydrogen) atoms. The predicted octanol–water partition coefficient (Wildman–Crippen LogP) is -0.428. The number of carbonyl (C=O) groups excluding carboxylic acids is 1. The van der Waals surface area contributed by atoms with Crippen LogP contribution in [0.5, 0.6) is 0 Å². The number of amidine groups is 1. The highest BCUT2D eigenvalue weighted by molar-refractivity contribution is 6.04. The molecule has 4 heteroatoms. The summed E-state index contributed by atoms with van der Waals surface area (Å²) in [4.78, 5) is 14.9. The first kappa shape index (κ1) is 5.70. The molecule has 1 heterocycles. The van der Waals surface area contributed by atoms with Gasteiger partial charge in [-0.1, -0.05) is 0 Å². The van der Waals surface area contributed by atoms with Gasteiger partial charge >= 0.3 is 0 Å². The number of hydrogen-bond acceptors (Lipinski definition) is 2. The van der Waals surface area contributed by atoms with E-state index in [4.69, 9.17) is 0 Å². The molecule has 0 atom stereocenters. The van der Waals surface area contributed by atoms with Crippen LogP contribution in [-0.2, 0) is 4.79 Å². The Morgan fingerprint density at radius 3 is 2.70 bits per heavy atom. The summed E-state index contributed by atoms with van der Waals surface area (Å²) < 4.78 is 0. The maximum Gasteiger partial charge on any atom is 0.245 e. The van der Waals surface area contributed by atoms with E-state index in [-0.39, 0.29) is 5.91 Å². The van der Waals surface area contributed by atoms with E-state index in [2.05, 4.69) is 15.8 Å². The van der Waals surface area contributed by atoms with Gasteiger partial charge in [-0.05, 0) is 12.8 Å². The van der Waals surface area contributed by atoms with Crippen LogP contribution in [0.15, 0.2) is 4.99 Å². The van der Waals surface area contributed by atoms with Crippen molar-refractivity contribution in [3.05, 3.63) is 0 Å². The van der Waals surface area contributed by atoms with Crippen molar-refractivity contribution < 1.29 is 4.79 Å². The van der Waals surface area contributed by atoms with Gasteiger partial charge in [0.15, 0.2) is 0 Å². The van der Waals surface area contributed by atoms with E-state index in [0.29, 0.717) is 12.5 Å². The summed E-state index contributed by atoms with van der Waals surface area (Å²) >= 11 is 0. The van der Waals surface area contributed by atoms with Crippen molar-refractivity contribution in [2.75, 3.05) is 0 Å². The van der Waals surface area contributed by atoms with Crippen molar-refractivity contribution in [1.29, 1.82) is 0 Å². The molecule has 0 radical (unpaired) electrons. The summed E-state index contributed by atoms with van der Waals surface area (Å²) in [5.41, 5.74) is 5.21. The molecular weight excluding hydrogens is 130 g/mol. The molecule has 4 nitrogen and oxygen atoms in total. The van der Waals surface area contributed by atoms with Crippen LogP contribution in [0.4, 0.5) is 0 Å². The third-order valence-electron chi connectivity index (χ3n) is 1.56. The second-order valence-corrected chi connectivity index (χ2v) is 2.66. The lowest BCUT2D eigenvalue weighted by Gasteiger charge is -1.92. The van der Waals surface area contributed by atoms with E-state index < -0.39 is 0 Å². The van der Waals surface area contributed by atoms with E-state index in [1.807, 2.05) is 0 Å². The van der Waals surface area contributed by atoms with Crippen molar-refractivity contribution >= 4 is 11.7 Å². The molecule has 2 fully saturated rings. The van der Waals surface area contributed by atoms with Crippen LogP contribution in [0.2, 0.25) is 0 Å². The van der Waals surface area contributed by atoms with Crippen LogP contribution < -0.4 is 10.9 Å². The maximum atomic E-state index is 10.6. The summed E-state index contributed by atoms with van der Waals surface area (Å²) in [6.45, 7) is 0. The number of rotatable bonds is 1. The second kappa shape index (κ2) is 1.97. The minimum atomic E-state index is 0.0133. The van der Waals surface area contributed by atoms with E-state index in [9.17, 15) is 4.79 Å². The standard InChI is InChI=1S/C6H9N3O/c10-6-3-5(8-9-6)7-4-1-2-4/h4H,1-3H2,(H,7,8)(H,9,10). The first-order valence-corrected chi connectivity index (χ1v) is 3.46. The Kier molecular flexibility index (Phi) is 1.12. The largest absolute Gasteiger partial charge is 0.285 e. The average molecular weight is 139 g/mol. The van der Waals surface area contributed by atoms with Crippen LogP contribution in [0.25, 0.3) is 0 Å². The topological polar surface area (TPSA) is 53.5 Å². The minimum Gasteiger partial charge on any atom is -0.285 e. The molecule has 1 amide bonds. The molecule has 0 aromatic heterocycles. The van der Waals surface area contributed by atoms with Crippen LogP contribution in [-0.4, -0.2) is 17.8 Å². The summed E-state index contributed by atoms with van der Waals surface area (Å²) in [5.74, 6) is 0.812. The Balaban J connectivity index is 1.98. The van der Waals surface area contributed by atoms with E-state index in [0.717, 1.165) is 5.84 Å². The van der Waals surface area contributed by atoms with Gasteiger partial charge in [0.25, 0.3) is 0 Å². The van der Waals surface area contributed by atoms with Gasteiger partial charge in [-0.15, -0.1) is 0 Å². The lowest BCUT2D eigenvalue weighted by atomic mass is 10.4. The fraction of sp³-hybridized carbons (Fsp3) is 0.667. The first-order valence-electron chi connectivity index (χ1n) is 3.46. The fourth-order valence-corrected chi connectivity index (χ4v) is 0.884. The molecular formula is C6H9N3O. The van der Waals surface area contributed by atoms with Gasteiger partial charge in [0.05, 0.1) is 12.5 Å². The smallest absolute Gasteiger partial charge is 0.245 e. The molecule has 1 saturated carbocycles. The Morgan fingerprint density at radius 2 is 2.20 bits per heavy atom. The van der Waals surface area contributed by atoms with Crippen molar-refractivity contribution in [3.8, 4) is 0 Å². The Morgan fingerprint density at radius 1 is 1.40 bits per heavy atom. The second-order valence-electron chi connectivity index (χ2n) is 2.66. The SMILES string of the molecule is O=C1CC(=NC2CC2)NN1. The molecule has 0 aromatic carbocycles. The molecule has 1 aliphatic carbocycles. The highest BCUT2D eigenvalue weighted by atomic mass is 16.2. The number of nitrogens with zero attached hydrogens (tertiary/aromatic N) is 1. The Labute approximate surface area is 58.7 Å². The van der Waals surface area contributed by atoms with E-state index in [1.165, 1.54) is 12.8 Å². The highest BCUT2D eigenvalue weighted by Crippen LogP contribution is 2.23. The lowest BCUT2D eigenvalue weighted by Crippen LogP contribution is -2.28. The molecule has 2 aliphatic rings. The first-order chi connectivity index (χ1) is 4.84. The lowest BCUT2D eigenvalue weighted by molar-refractivity contribution is -0.119. The van der Waals surface area contributed by atoms with Gasteiger partial charge < -0.3 is 0 Å². The van der Waals surface area contributed by atoms with Gasteiger partial charge in [0.2, 0.25) is 5.91 Å². The maximum absolute atomic E-state index is 10.6. The molecule has 2 rings (SSSR count). The number of aliphatic imine (C=N–C) groups is 1. The normalized spacial score (nSPS) is 28.4. The number of hydrogen-bond donors (Lipinski definition) is 2. The van der Waals surface area contributed by atoms with Gasteiger partial charge in [-0.25, -0.2) is 0 Å². The van der Waals surface area contributed by atoms with E-state index >= 15 is 0 Å². The molecule has 2 N–H and O–H groups in total. The van der Waals surface area contributed by atoms with Crippen molar-refractivity contribution in [2.45, 2.75) is 25.3 Å². The molecule has 0 aromatic rings. The van der Waals surface area contributed by atoms with Gasteiger partial charge in [0, 0.05) is 0 Å². The number of amides is 1. The van der Waals surface area contributed by atoms with E-state index in [1.54, 1.807) is 0 Å². The zero-order valence-corrected chi connectivity index (χ0v) is 5.55. The quantitative estimate of drug-likeness (QED) is 0.518. The van der Waals surface area contributed by atoms with Crippen LogP contribution >= 0.6 is 0 Å². The summed E-state index contributed by atoms with van der Waals surface area (Å²) in [7, 11) is 0. The average Bonchev–Trinajstić information content (AvgIpc) is 2.59. The number of hydrazine groups is 1. The number of nitrogens with one attached hydrogen (secondary N) is 2. The Hall–Kier alpha value is -1.06. The summed E-state index contributed by atoms with van der Waals surface area (Å²) in [6, 6.07) is 0.496. The van der Waals surface area contributed by atoms with Crippen LogP contribution in [0, 0.1) is 0 Å². The van der Waals surface area contributed by atoms with Gasteiger partial charge in [0.1, 0.15) is 5.84 Å². The van der Waals surface area contributed by atoms with Gasteiger partial charge in [-0.3, -0.25) is 20.6 Å². The van der Waals surface area contributed by atoms with Crippen molar-refractivity contribution in [2.24, 2.45) is 4.99 Å². The third kappa shape index (κ3) is 1.10. The predicted molar refractivity (Wildman–Crippen MR) is 36.4 cm³/mol. The molecule has 0 spiro atoms. The molecule has 1 aliphatic heterocycles. The van der Waals surface area contributed by atoms with Crippen LogP contribution in [0.3, 0.4) is 0 Å². The highest BCUT2D eigenvalue weighted by Gasteiger charge is 2.23. The molecule has 54 valence electrons. The van der Waals surface area contributed by atoms with Crippen LogP contribution in [0.1, 0.15) is 19.3 Å². The fourth-order valence-electron chi connectivity index (χ4n) is 0.884. The molecule has 0 bridgehead atoms. The third-order valence-corrected chi connectivity index (χ3v) is 1.56. The summed E-state index contributed by atoms with van der Waals surface area (Å²) in [6.07, 6.45) is 2.79. The monoisotopic (exact) mass is 139 g/mol. The molecule has 1 saturated heterocycles. The van der Waals surface area contributed by atoms with Gasteiger partial charge in [-0.2, -0.15) is 0 Å². The van der Waals surface area contributed by atoms with Crippen molar-refractivity contribution in [1.82, 2.24) is 10.9 Å². The zero-order valence-electron chi connectivity index (χ0n) is 5.55. The molecule has 0 unspecified atom stereocenters. The Bertz CT molecular complexity index is 195. The minimum absolute atomic E-state index is 0.0133. The number of carbonyl (C=O) groups is 1. The zero-order chi connectivity index (χ0) is 6.97. The van der Waals surface area contributed by atoms with Crippen molar-refractivity contribution in [3.63, 3.8) is 0 Å².